The van der Waals surface area contributed by atoms with Crippen LogP contribution in [0.5, 0.6) is 5.75 Å². The van der Waals surface area contributed by atoms with Crippen molar-refractivity contribution in [3.05, 3.63) is 54.9 Å². The molecule has 0 aliphatic carbocycles. The summed E-state index contributed by atoms with van der Waals surface area (Å²) in [4.78, 5) is 4.54. The van der Waals surface area contributed by atoms with Crippen molar-refractivity contribution in [1.29, 1.82) is 0 Å². The molecule has 0 saturated carbocycles. The topological polar surface area (TPSA) is 74.1 Å². The first-order valence-electron chi connectivity index (χ1n) is 6.84. The highest BCUT2D eigenvalue weighted by Gasteiger charge is 2.11. The quantitative estimate of drug-likeness (QED) is 0.734. The van der Waals surface area contributed by atoms with E-state index in [-0.39, 0.29) is 4.90 Å². The second kappa shape index (κ2) is 5.85. The van der Waals surface area contributed by atoms with Crippen LogP contribution in [0.25, 0.3) is 17.1 Å². The highest BCUT2D eigenvalue weighted by molar-refractivity contribution is 7.90. The maximum Gasteiger partial charge on any atom is 0.175 e. The number of hydrogen-bond acceptors (Lipinski definition) is 5. The molecular formula is C16H15N3O3S. The molecule has 0 aliphatic heterocycles. The number of benzene rings is 2. The number of aromatic nitrogens is 3. The summed E-state index contributed by atoms with van der Waals surface area (Å²) < 4.78 is 29.9. The average Bonchev–Trinajstić information content (AvgIpc) is 3.04. The minimum Gasteiger partial charge on any atom is -0.497 e. The van der Waals surface area contributed by atoms with Crippen LogP contribution in [-0.4, -0.2) is 36.5 Å². The predicted octanol–water partition coefficient (Wildman–Crippen LogP) is 2.35. The van der Waals surface area contributed by atoms with Crippen LogP contribution in [0.15, 0.2) is 59.8 Å². The summed E-state index contributed by atoms with van der Waals surface area (Å²) in [6.45, 7) is 0. The number of nitrogens with zero attached hydrogens (tertiary/aromatic N) is 3. The minimum absolute atomic E-state index is 0.275. The molecule has 0 fully saturated rings. The highest BCUT2D eigenvalue weighted by Crippen LogP contribution is 2.23. The molecule has 0 spiro atoms. The molecule has 0 aliphatic rings. The predicted molar refractivity (Wildman–Crippen MR) is 86.5 cm³/mol. The lowest BCUT2D eigenvalue weighted by Crippen LogP contribution is -2.00. The Morgan fingerprint density at radius 1 is 1.00 bits per heavy atom. The van der Waals surface area contributed by atoms with Crippen LogP contribution in [0, 0.1) is 0 Å². The molecule has 0 unspecified atom stereocenters. The van der Waals surface area contributed by atoms with E-state index in [1.807, 2.05) is 24.3 Å². The van der Waals surface area contributed by atoms with Crippen LogP contribution in [0.3, 0.4) is 0 Å². The molecule has 0 bridgehead atoms. The fourth-order valence-corrected chi connectivity index (χ4v) is 2.83. The van der Waals surface area contributed by atoms with E-state index in [1.54, 1.807) is 36.1 Å². The number of ether oxygens (including phenoxy) is 1. The summed E-state index contributed by atoms with van der Waals surface area (Å²) >= 11 is 0. The van der Waals surface area contributed by atoms with Crippen molar-refractivity contribution >= 4 is 9.84 Å². The first kappa shape index (κ1) is 15.2. The Bertz CT molecular complexity index is 914. The summed E-state index contributed by atoms with van der Waals surface area (Å²) in [5.74, 6) is 1.39. The van der Waals surface area contributed by atoms with E-state index in [1.165, 1.54) is 12.6 Å². The molecule has 0 amide bonds. The smallest absolute Gasteiger partial charge is 0.175 e. The lowest BCUT2D eigenvalue weighted by Gasteiger charge is -2.07. The van der Waals surface area contributed by atoms with Gasteiger partial charge >= 0.3 is 0 Å². The van der Waals surface area contributed by atoms with Crippen LogP contribution in [0.2, 0.25) is 0 Å². The third kappa shape index (κ3) is 3.09. The van der Waals surface area contributed by atoms with Crippen molar-refractivity contribution in [1.82, 2.24) is 14.8 Å². The lowest BCUT2D eigenvalue weighted by molar-refractivity contribution is 0.414. The Morgan fingerprint density at radius 2 is 1.65 bits per heavy atom. The second-order valence-corrected chi connectivity index (χ2v) is 7.01. The van der Waals surface area contributed by atoms with Crippen molar-refractivity contribution in [2.24, 2.45) is 0 Å². The van der Waals surface area contributed by atoms with Gasteiger partial charge in [-0.05, 0) is 48.5 Å². The fraction of sp³-hybridized carbons (Fsp3) is 0.125. The summed E-state index contributed by atoms with van der Waals surface area (Å²) in [5, 5.41) is 4.24. The van der Waals surface area contributed by atoms with Crippen molar-refractivity contribution < 1.29 is 13.2 Å². The van der Waals surface area contributed by atoms with Crippen LogP contribution in [-0.2, 0) is 9.84 Å². The molecular weight excluding hydrogens is 314 g/mol. The van der Waals surface area contributed by atoms with Crippen LogP contribution in [0.4, 0.5) is 0 Å². The van der Waals surface area contributed by atoms with Crippen LogP contribution >= 0.6 is 0 Å². The summed E-state index contributed by atoms with van der Waals surface area (Å²) in [6, 6.07) is 14.0. The molecule has 7 heteroatoms. The van der Waals surface area contributed by atoms with Gasteiger partial charge in [-0.15, -0.1) is 0 Å². The van der Waals surface area contributed by atoms with Gasteiger partial charge in [-0.3, -0.25) is 0 Å². The van der Waals surface area contributed by atoms with E-state index in [9.17, 15) is 8.42 Å². The van der Waals surface area contributed by atoms with Gasteiger partial charge in [0, 0.05) is 11.8 Å². The van der Waals surface area contributed by atoms with Gasteiger partial charge in [-0.2, -0.15) is 5.10 Å². The van der Waals surface area contributed by atoms with E-state index in [0.717, 1.165) is 17.0 Å². The molecule has 0 N–H and O–H groups in total. The Balaban J connectivity index is 2.00. The standard InChI is InChI=1S/C16H15N3O3S/c1-22-14-7-5-13(6-8-14)19-16(17-11-18-19)12-3-9-15(10-4-12)23(2,20)21/h3-11H,1-2H3. The zero-order valence-electron chi connectivity index (χ0n) is 12.7. The van der Waals surface area contributed by atoms with Crippen molar-refractivity contribution in [2.75, 3.05) is 13.4 Å². The van der Waals surface area contributed by atoms with Gasteiger partial charge in [0.1, 0.15) is 12.1 Å². The van der Waals surface area contributed by atoms with E-state index in [2.05, 4.69) is 10.1 Å². The van der Waals surface area contributed by atoms with Crippen molar-refractivity contribution in [2.45, 2.75) is 4.90 Å². The summed E-state index contributed by atoms with van der Waals surface area (Å²) in [6.07, 6.45) is 2.64. The molecule has 118 valence electrons. The zero-order valence-corrected chi connectivity index (χ0v) is 13.5. The van der Waals surface area contributed by atoms with E-state index >= 15 is 0 Å². The maximum atomic E-state index is 11.5. The van der Waals surface area contributed by atoms with Gasteiger partial charge in [0.15, 0.2) is 15.7 Å². The Labute approximate surface area is 134 Å². The van der Waals surface area contributed by atoms with Gasteiger partial charge in [0.05, 0.1) is 17.7 Å². The van der Waals surface area contributed by atoms with Gasteiger partial charge in [-0.25, -0.2) is 18.1 Å². The molecule has 1 heterocycles. The molecule has 3 rings (SSSR count). The Morgan fingerprint density at radius 3 is 2.22 bits per heavy atom. The number of sulfone groups is 1. The fourth-order valence-electron chi connectivity index (χ4n) is 2.20. The van der Waals surface area contributed by atoms with Gasteiger partial charge in [-0.1, -0.05) is 0 Å². The first-order chi connectivity index (χ1) is 11.0. The van der Waals surface area contributed by atoms with Crippen molar-refractivity contribution in [3.63, 3.8) is 0 Å². The van der Waals surface area contributed by atoms with Crippen LogP contribution in [0.1, 0.15) is 0 Å². The summed E-state index contributed by atoms with van der Waals surface area (Å²) in [5.41, 5.74) is 1.62. The Kier molecular flexibility index (Phi) is 3.87. The molecule has 1 aromatic heterocycles. The molecule has 6 nitrogen and oxygen atoms in total. The molecule has 0 atom stereocenters. The number of methoxy groups -OCH3 is 1. The molecule has 23 heavy (non-hydrogen) atoms. The zero-order chi connectivity index (χ0) is 16.4. The first-order valence-corrected chi connectivity index (χ1v) is 8.73. The second-order valence-electron chi connectivity index (χ2n) is 4.99. The normalized spacial score (nSPS) is 11.4. The molecule has 0 saturated heterocycles. The number of rotatable bonds is 4. The molecule has 2 aromatic carbocycles. The van der Waals surface area contributed by atoms with E-state index in [4.69, 9.17) is 4.74 Å². The van der Waals surface area contributed by atoms with E-state index in [0.29, 0.717) is 5.82 Å². The third-order valence-corrected chi connectivity index (χ3v) is 4.53. The Hall–Kier alpha value is -2.67. The summed E-state index contributed by atoms with van der Waals surface area (Å²) in [7, 11) is -1.60. The molecule has 0 radical (unpaired) electrons. The van der Waals surface area contributed by atoms with Gasteiger partial charge < -0.3 is 4.74 Å². The van der Waals surface area contributed by atoms with Crippen LogP contribution < -0.4 is 4.74 Å². The third-order valence-electron chi connectivity index (χ3n) is 3.41. The van der Waals surface area contributed by atoms with Gasteiger partial charge in [0.25, 0.3) is 0 Å². The largest absolute Gasteiger partial charge is 0.497 e. The lowest BCUT2D eigenvalue weighted by atomic mass is 10.2. The molecule has 3 aromatic rings. The minimum atomic E-state index is -3.22. The van der Waals surface area contributed by atoms with Gasteiger partial charge in [0.2, 0.25) is 0 Å². The van der Waals surface area contributed by atoms with E-state index < -0.39 is 9.84 Å². The average molecular weight is 329 g/mol. The SMILES string of the molecule is COc1ccc(-n2ncnc2-c2ccc(S(C)(=O)=O)cc2)cc1. The highest BCUT2D eigenvalue weighted by atomic mass is 32.2. The monoisotopic (exact) mass is 329 g/mol. The maximum absolute atomic E-state index is 11.5. The number of hydrogen-bond donors (Lipinski definition) is 0. The van der Waals surface area contributed by atoms with Crippen molar-refractivity contribution in [3.8, 4) is 22.8 Å².